The number of ketones is 1. The second-order valence-corrected chi connectivity index (χ2v) is 5.31. The van der Waals surface area contributed by atoms with Crippen LogP contribution in [-0.4, -0.2) is 26.1 Å². The second-order valence-electron chi connectivity index (χ2n) is 5.31. The summed E-state index contributed by atoms with van der Waals surface area (Å²) in [5.41, 5.74) is 2.09. The van der Waals surface area contributed by atoms with Crippen LogP contribution in [0.2, 0.25) is 0 Å². The van der Waals surface area contributed by atoms with E-state index in [1.807, 2.05) is 25.1 Å². The molecular formula is C20H20F2O4. The number of hydrogen-bond donors (Lipinski definition) is 0. The number of carbonyl (C=O) groups is 1. The molecule has 0 amide bonds. The Balaban J connectivity index is 2.09. The molecule has 2 rings (SSSR count). The third-order valence-corrected chi connectivity index (χ3v) is 3.56. The molecule has 138 valence electrons. The zero-order chi connectivity index (χ0) is 18.9. The van der Waals surface area contributed by atoms with Crippen molar-refractivity contribution in [2.45, 2.75) is 20.1 Å². The predicted octanol–water partition coefficient (Wildman–Crippen LogP) is 4.73. The molecule has 0 bridgehead atoms. The summed E-state index contributed by atoms with van der Waals surface area (Å²) in [7, 11) is 1.59. The number of halogens is 2. The number of methoxy groups -OCH3 is 1. The van der Waals surface area contributed by atoms with Crippen molar-refractivity contribution in [2.75, 3.05) is 13.7 Å². The Morgan fingerprint density at radius 2 is 1.88 bits per heavy atom. The summed E-state index contributed by atoms with van der Waals surface area (Å²) >= 11 is 0. The molecule has 0 saturated heterocycles. The summed E-state index contributed by atoms with van der Waals surface area (Å²) in [5, 5.41) is 0. The van der Waals surface area contributed by atoms with Crippen molar-refractivity contribution in [1.29, 1.82) is 0 Å². The molecule has 0 radical (unpaired) electrons. The van der Waals surface area contributed by atoms with Gasteiger partial charge in [-0.1, -0.05) is 12.1 Å². The van der Waals surface area contributed by atoms with Gasteiger partial charge in [-0.15, -0.1) is 0 Å². The van der Waals surface area contributed by atoms with E-state index in [9.17, 15) is 13.6 Å². The van der Waals surface area contributed by atoms with E-state index in [1.165, 1.54) is 30.3 Å². The van der Waals surface area contributed by atoms with Gasteiger partial charge in [0.2, 0.25) is 0 Å². The molecule has 0 aliphatic carbocycles. The van der Waals surface area contributed by atoms with Crippen molar-refractivity contribution < 1.29 is 27.8 Å². The molecule has 2 aromatic rings. The number of benzene rings is 2. The number of hydrogen-bond acceptors (Lipinski definition) is 4. The highest BCUT2D eigenvalue weighted by atomic mass is 19.3. The average molecular weight is 362 g/mol. The molecule has 0 fully saturated rings. The first-order valence-electron chi connectivity index (χ1n) is 8.05. The van der Waals surface area contributed by atoms with Gasteiger partial charge in [0, 0.05) is 17.7 Å². The summed E-state index contributed by atoms with van der Waals surface area (Å²) < 4.78 is 39.2. The number of carbonyl (C=O) groups excluding carboxylic acids is 1. The molecule has 0 atom stereocenters. The highest BCUT2D eigenvalue weighted by Gasteiger charge is 2.07. The Bertz CT molecular complexity index is 755. The van der Waals surface area contributed by atoms with E-state index in [0.29, 0.717) is 18.8 Å². The van der Waals surface area contributed by atoms with Gasteiger partial charge in [-0.05, 0) is 55.0 Å². The SMILES string of the molecule is CCOCc1cc(/C=C/C(=O)c2ccc(OC(F)F)cc2)ccc1OC. The highest BCUT2D eigenvalue weighted by Crippen LogP contribution is 2.22. The molecule has 0 saturated carbocycles. The molecule has 0 unspecified atom stereocenters. The van der Waals surface area contributed by atoms with Gasteiger partial charge in [0.05, 0.1) is 13.7 Å². The van der Waals surface area contributed by atoms with Gasteiger partial charge in [0.25, 0.3) is 0 Å². The van der Waals surface area contributed by atoms with E-state index in [2.05, 4.69) is 4.74 Å². The Morgan fingerprint density at radius 1 is 1.15 bits per heavy atom. The molecule has 2 aromatic carbocycles. The first-order valence-corrected chi connectivity index (χ1v) is 8.05. The lowest BCUT2D eigenvalue weighted by molar-refractivity contribution is -0.0498. The smallest absolute Gasteiger partial charge is 0.387 e. The van der Waals surface area contributed by atoms with Crippen LogP contribution in [0.15, 0.2) is 48.5 Å². The van der Waals surface area contributed by atoms with E-state index >= 15 is 0 Å². The molecule has 0 aromatic heterocycles. The van der Waals surface area contributed by atoms with Crippen LogP contribution < -0.4 is 9.47 Å². The second kappa shape index (κ2) is 9.68. The Morgan fingerprint density at radius 3 is 2.50 bits per heavy atom. The normalized spacial score (nSPS) is 11.1. The topological polar surface area (TPSA) is 44.8 Å². The van der Waals surface area contributed by atoms with Crippen molar-refractivity contribution in [1.82, 2.24) is 0 Å². The van der Waals surface area contributed by atoms with Gasteiger partial charge in [-0.2, -0.15) is 8.78 Å². The summed E-state index contributed by atoms with van der Waals surface area (Å²) in [4.78, 5) is 12.2. The van der Waals surface area contributed by atoms with Gasteiger partial charge in [-0.3, -0.25) is 4.79 Å². The number of alkyl halides is 2. The lowest BCUT2D eigenvalue weighted by Crippen LogP contribution is -2.02. The molecule has 4 nitrogen and oxygen atoms in total. The van der Waals surface area contributed by atoms with Crippen LogP contribution in [0, 0.1) is 0 Å². The number of allylic oxidation sites excluding steroid dienone is 1. The minimum Gasteiger partial charge on any atom is -0.496 e. The molecular weight excluding hydrogens is 342 g/mol. The van der Waals surface area contributed by atoms with E-state index in [4.69, 9.17) is 9.47 Å². The molecule has 6 heteroatoms. The number of rotatable bonds is 9. The van der Waals surface area contributed by atoms with Gasteiger partial charge in [0.15, 0.2) is 5.78 Å². The molecule has 0 aliphatic rings. The van der Waals surface area contributed by atoms with Crippen molar-refractivity contribution in [3.63, 3.8) is 0 Å². The van der Waals surface area contributed by atoms with Crippen molar-refractivity contribution in [2.24, 2.45) is 0 Å². The molecule has 26 heavy (non-hydrogen) atoms. The zero-order valence-electron chi connectivity index (χ0n) is 14.6. The maximum Gasteiger partial charge on any atom is 0.387 e. The van der Waals surface area contributed by atoms with E-state index in [1.54, 1.807) is 13.2 Å². The van der Waals surface area contributed by atoms with Crippen LogP contribution in [0.1, 0.15) is 28.4 Å². The largest absolute Gasteiger partial charge is 0.496 e. The maximum atomic E-state index is 12.2. The van der Waals surface area contributed by atoms with Crippen molar-refractivity contribution in [3.8, 4) is 11.5 Å². The van der Waals surface area contributed by atoms with Crippen LogP contribution >= 0.6 is 0 Å². The van der Waals surface area contributed by atoms with Crippen LogP contribution in [0.5, 0.6) is 11.5 Å². The van der Waals surface area contributed by atoms with Gasteiger partial charge >= 0.3 is 6.61 Å². The van der Waals surface area contributed by atoms with Gasteiger partial charge in [-0.25, -0.2) is 0 Å². The summed E-state index contributed by atoms with van der Waals surface area (Å²) in [5.74, 6) is 0.489. The quantitative estimate of drug-likeness (QED) is 0.478. The summed E-state index contributed by atoms with van der Waals surface area (Å²) in [6.45, 7) is 0.0258. The molecule has 0 aliphatic heterocycles. The summed E-state index contributed by atoms with van der Waals surface area (Å²) in [6.07, 6.45) is 3.11. The fourth-order valence-electron chi connectivity index (χ4n) is 2.30. The molecule has 0 spiro atoms. The lowest BCUT2D eigenvalue weighted by atomic mass is 10.1. The van der Waals surface area contributed by atoms with Crippen LogP contribution in [-0.2, 0) is 11.3 Å². The molecule has 0 heterocycles. The fourth-order valence-corrected chi connectivity index (χ4v) is 2.30. The Hall–Kier alpha value is -2.73. The van der Waals surface area contributed by atoms with Crippen molar-refractivity contribution in [3.05, 3.63) is 65.2 Å². The zero-order valence-corrected chi connectivity index (χ0v) is 14.6. The van der Waals surface area contributed by atoms with E-state index in [0.717, 1.165) is 16.9 Å². The minimum absolute atomic E-state index is 0.0104. The third kappa shape index (κ3) is 5.67. The fraction of sp³-hybridized carbons (Fsp3) is 0.250. The van der Waals surface area contributed by atoms with E-state index in [-0.39, 0.29) is 11.5 Å². The maximum absolute atomic E-state index is 12.2. The van der Waals surface area contributed by atoms with Gasteiger partial charge < -0.3 is 14.2 Å². The van der Waals surface area contributed by atoms with Gasteiger partial charge in [0.1, 0.15) is 11.5 Å². The van der Waals surface area contributed by atoms with Crippen LogP contribution in [0.3, 0.4) is 0 Å². The van der Waals surface area contributed by atoms with Crippen molar-refractivity contribution >= 4 is 11.9 Å². The van der Waals surface area contributed by atoms with Crippen LogP contribution in [0.4, 0.5) is 8.78 Å². The predicted molar refractivity (Wildman–Crippen MR) is 94.8 cm³/mol. The molecule has 0 N–H and O–H groups in total. The highest BCUT2D eigenvalue weighted by molar-refractivity contribution is 6.06. The lowest BCUT2D eigenvalue weighted by Gasteiger charge is -2.09. The Labute approximate surface area is 151 Å². The number of ether oxygens (including phenoxy) is 3. The average Bonchev–Trinajstić information content (AvgIpc) is 2.64. The summed E-state index contributed by atoms with van der Waals surface area (Å²) in [6, 6.07) is 11.1. The minimum atomic E-state index is -2.89. The first kappa shape index (κ1) is 19.6. The standard InChI is InChI=1S/C20H20F2O4/c1-3-25-13-16-12-14(5-11-19(16)24-2)4-10-18(23)15-6-8-17(9-7-15)26-20(21)22/h4-12,20H,3,13H2,1-2H3/b10-4+. The third-order valence-electron chi connectivity index (χ3n) is 3.56. The Kier molecular flexibility index (Phi) is 7.29. The van der Waals surface area contributed by atoms with E-state index < -0.39 is 6.61 Å². The van der Waals surface area contributed by atoms with Crippen LogP contribution in [0.25, 0.3) is 6.08 Å². The monoisotopic (exact) mass is 362 g/mol. The first-order chi connectivity index (χ1) is 12.5.